The first-order chi connectivity index (χ1) is 9.90. The summed E-state index contributed by atoms with van der Waals surface area (Å²) in [5, 5.41) is 8.85. The minimum absolute atomic E-state index is 0.0801. The minimum Gasteiger partial charge on any atom is -0.386 e. The molecule has 1 atom stereocenters. The summed E-state index contributed by atoms with van der Waals surface area (Å²) in [5.41, 5.74) is 2.19. The normalized spacial score (nSPS) is 18.0. The molecule has 0 fully saturated rings. The van der Waals surface area contributed by atoms with Crippen molar-refractivity contribution in [2.45, 2.75) is 12.5 Å². The highest BCUT2D eigenvalue weighted by molar-refractivity contribution is 7.10. The highest BCUT2D eigenvalue weighted by atomic mass is 32.1. The number of rotatable bonds is 2. The van der Waals surface area contributed by atoms with Crippen LogP contribution in [-0.4, -0.2) is 5.71 Å². The summed E-state index contributed by atoms with van der Waals surface area (Å²) in [5.74, 6) is 0. The van der Waals surface area contributed by atoms with Crippen LogP contribution in [0.15, 0.2) is 65.1 Å². The van der Waals surface area contributed by atoms with Crippen LogP contribution in [0, 0.1) is 0 Å². The molecule has 3 heteroatoms. The Morgan fingerprint density at radius 3 is 2.75 bits per heavy atom. The molecule has 1 unspecified atom stereocenters. The van der Waals surface area contributed by atoms with Crippen molar-refractivity contribution in [3.05, 3.63) is 70.4 Å². The molecule has 0 amide bonds. The smallest absolute Gasteiger partial charge is 0.167 e. The van der Waals surface area contributed by atoms with Gasteiger partial charge in [-0.2, -0.15) is 0 Å². The van der Waals surface area contributed by atoms with Crippen molar-refractivity contribution in [1.29, 1.82) is 0 Å². The number of thiophene rings is 1. The molecule has 0 saturated carbocycles. The fraction of sp³-hybridized carbons (Fsp3) is 0.118. The van der Waals surface area contributed by atoms with Gasteiger partial charge in [0.05, 0.1) is 5.71 Å². The molecule has 1 aliphatic heterocycles. The summed E-state index contributed by atoms with van der Waals surface area (Å²) in [7, 11) is 0. The molecule has 0 spiro atoms. The van der Waals surface area contributed by atoms with E-state index >= 15 is 0 Å². The van der Waals surface area contributed by atoms with Crippen LogP contribution in [0.25, 0.3) is 10.8 Å². The van der Waals surface area contributed by atoms with Gasteiger partial charge in [-0.1, -0.05) is 47.6 Å². The lowest BCUT2D eigenvalue weighted by Crippen LogP contribution is -2.00. The molecule has 0 bridgehead atoms. The maximum Gasteiger partial charge on any atom is 0.167 e. The van der Waals surface area contributed by atoms with E-state index in [0.717, 1.165) is 17.7 Å². The third kappa shape index (κ3) is 2.00. The Morgan fingerprint density at radius 2 is 1.90 bits per heavy atom. The standard InChI is InChI=1S/C17H13NOS/c1-2-5-13-10-14(8-7-12(13)4-1)15-11-16(19-18-15)17-6-3-9-20-17/h1-10,16H,11H2. The summed E-state index contributed by atoms with van der Waals surface area (Å²) in [6.07, 6.45) is 0.926. The Labute approximate surface area is 121 Å². The van der Waals surface area contributed by atoms with E-state index in [1.165, 1.54) is 15.6 Å². The maximum atomic E-state index is 5.57. The van der Waals surface area contributed by atoms with Crippen molar-refractivity contribution in [2.24, 2.45) is 5.16 Å². The fourth-order valence-corrected chi connectivity index (χ4v) is 3.29. The molecule has 0 saturated heterocycles. The van der Waals surface area contributed by atoms with Crippen molar-refractivity contribution in [3.8, 4) is 0 Å². The predicted molar refractivity (Wildman–Crippen MR) is 83.2 cm³/mol. The first-order valence-electron chi connectivity index (χ1n) is 6.65. The largest absolute Gasteiger partial charge is 0.386 e. The van der Waals surface area contributed by atoms with E-state index in [-0.39, 0.29) is 6.10 Å². The second-order valence-electron chi connectivity index (χ2n) is 4.91. The molecule has 3 aromatic rings. The van der Waals surface area contributed by atoms with Crippen molar-refractivity contribution < 1.29 is 4.84 Å². The van der Waals surface area contributed by atoms with Crippen LogP contribution in [0.1, 0.15) is 23.0 Å². The summed E-state index contributed by atoms with van der Waals surface area (Å²) in [6, 6.07) is 19.0. The van der Waals surface area contributed by atoms with Gasteiger partial charge in [-0.3, -0.25) is 0 Å². The van der Waals surface area contributed by atoms with E-state index in [9.17, 15) is 0 Å². The molecule has 0 radical (unpaired) electrons. The van der Waals surface area contributed by atoms with Gasteiger partial charge in [-0.25, -0.2) is 0 Å². The molecule has 98 valence electrons. The molecule has 1 aliphatic rings. The Morgan fingerprint density at radius 1 is 1.00 bits per heavy atom. The molecule has 2 nitrogen and oxygen atoms in total. The van der Waals surface area contributed by atoms with E-state index in [0.29, 0.717) is 0 Å². The van der Waals surface area contributed by atoms with Crippen LogP contribution < -0.4 is 0 Å². The number of hydrogen-bond donors (Lipinski definition) is 0. The van der Waals surface area contributed by atoms with Crippen LogP contribution in [0.4, 0.5) is 0 Å². The summed E-state index contributed by atoms with van der Waals surface area (Å²) in [6.45, 7) is 0. The van der Waals surface area contributed by atoms with Crippen molar-refractivity contribution in [1.82, 2.24) is 0 Å². The molecule has 2 heterocycles. The molecule has 2 aromatic carbocycles. The van der Waals surface area contributed by atoms with Gasteiger partial charge in [0.2, 0.25) is 0 Å². The number of oxime groups is 1. The zero-order chi connectivity index (χ0) is 13.4. The predicted octanol–water partition coefficient (Wildman–Crippen LogP) is 4.77. The first-order valence-corrected chi connectivity index (χ1v) is 7.53. The van der Waals surface area contributed by atoms with Crippen LogP contribution in [-0.2, 0) is 4.84 Å². The lowest BCUT2D eigenvalue weighted by Gasteiger charge is -2.04. The van der Waals surface area contributed by atoms with Crippen molar-refractivity contribution in [3.63, 3.8) is 0 Å². The van der Waals surface area contributed by atoms with Gasteiger partial charge in [0, 0.05) is 16.9 Å². The lowest BCUT2D eigenvalue weighted by molar-refractivity contribution is 0.0883. The molecular formula is C17H13NOS. The molecule has 0 N–H and O–H groups in total. The van der Waals surface area contributed by atoms with Gasteiger partial charge < -0.3 is 4.84 Å². The zero-order valence-corrected chi connectivity index (χ0v) is 11.6. The second kappa shape index (κ2) is 4.76. The van der Waals surface area contributed by atoms with Gasteiger partial charge in [0.1, 0.15) is 0 Å². The highest BCUT2D eigenvalue weighted by Crippen LogP contribution is 2.32. The molecule has 4 rings (SSSR count). The summed E-state index contributed by atoms with van der Waals surface area (Å²) < 4.78 is 0. The van der Waals surface area contributed by atoms with Gasteiger partial charge in [0.15, 0.2) is 6.10 Å². The molecule has 0 aliphatic carbocycles. The number of benzene rings is 2. The quantitative estimate of drug-likeness (QED) is 0.662. The van der Waals surface area contributed by atoms with Gasteiger partial charge in [-0.05, 0) is 28.3 Å². The SMILES string of the molecule is c1csc(C2CC(c3ccc4ccccc4c3)=NO2)c1. The van der Waals surface area contributed by atoms with Gasteiger partial charge in [0.25, 0.3) is 0 Å². The monoisotopic (exact) mass is 279 g/mol. The van der Waals surface area contributed by atoms with Crippen LogP contribution in [0.2, 0.25) is 0 Å². The summed E-state index contributed by atoms with van der Waals surface area (Å²) >= 11 is 1.72. The van der Waals surface area contributed by atoms with Crippen LogP contribution >= 0.6 is 11.3 Å². The average molecular weight is 279 g/mol. The lowest BCUT2D eigenvalue weighted by atomic mass is 10.0. The highest BCUT2D eigenvalue weighted by Gasteiger charge is 2.24. The number of fused-ring (bicyclic) bond motifs is 1. The third-order valence-electron chi connectivity index (χ3n) is 3.61. The molecule has 20 heavy (non-hydrogen) atoms. The second-order valence-corrected chi connectivity index (χ2v) is 5.89. The maximum absolute atomic E-state index is 5.57. The number of hydrogen-bond acceptors (Lipinski definition) is 3. The number of nitrogens with zero attached hydrogens (tertiary/aromatic N) is 1. The van der Waals surface area contributed by atoms with Crippen molar-refractivity contribution >= 4 is 27.8 Å². The first kappa shape index (κ1) is 11.7. The zero-order valence-electron chi connectivity index (χ0n) is 10.8. The van der Waals surface area contributed by atoms with Crippen LogP contribution in [0.5, 0.6) is 0 Å². The molecule has 1 aromatic heterocycles. The van der Waals surface area contributed by atoms with E-state index < -0.39 is 0 Å². The molecular weight excluding hydrogens is 266 g/mol. The Hall–Kier alpha value is -2.13. The van der Waals surface area contributed by atoms with Crippen molar-refractivity contribution in [2.75, 3.05) is 0 Å². The van der Waals surface area contributed by atoms with E-state index in [1.807, 2.05) is 0 Å². The van der Waals surface area contributed by atoms with Gasteiger partial charge in [-0.15, -0.1) is 11.3 Å². The Balaban J connectivity index is 1.64. The topological polar surface area (TPSA) is 21.6 Å². The minimum atomic E-state index is 0.0801. The average Bonchev–Trinajstić information content (AvgIpc) is 3.17. The van der Waals surface area contributed by atoms with E-state index in [4.69, 9.17) is 4.84 Å². The Bertz CT molecular complexity index is 777. The van der Waals surface area contributed by atoms with Gasteiger partial charge >= 0.3 is 0 Å². The Kier molecular flexibility index (Phi) is 2.78. The summed E-state index contributed by atoms with van der Waals surface area (Å²) in [4.78, 5) is 6.82. The third-order valence-corrected chi connectivity index (χ3v) is 4.58. The fourth-order valence-electron chi connectivity index (χ4n) is 2.54. The van der Waals surface area contributed by atoms with E-state index in [2.05, 4.69) is 65.1 Å². The van der Waals surface area contributed by atoms with Crippen LogP contribution in [0.3, 0.4) is 0 Å². The van der Waals surface area contributed by atoms with E-state index in [1.54, 1.807) is 11.3 Å².